The lowest BCUT2D eigenvalue weighted by Crippen LogP contribution is -2.37. The van der Waals surface area contributed by atoms with E-state index in [9.17, 15) is 0 Å². The Morgan fingerprint density at radius 1 is 1.15 bits per heavy atom. The highest BCUT2D eigenvalue weighted by Gasteiger charge is 2.24. The smallest absolute Gasteiger partial charge is 0.0297 e. The Morgan fingerprint density at radius 3 is 2.60 bits per heavy atom. The molecule has 2 heteroatoms. The van der Waals surface area contributed by atoms with E-state index >= 15 is 0 Å². The van der Waals surface area contributed by atoms with Crippen molar-refractivity contribution in [2.45, 2.75) is 64.0 Å². The van der Waals surface area contributed by atoms with Crippen molar-refractivity contribution < 1.29 is 0 Å². The fourth-order valence-corrected chi connectivity index (χ4v) is 3.87. The van der Waals surface area contributed by atoms with Gasteiger partial charge in [0.05, 0.1) is 0 Å². The highest BCUT2D eigenvalue weighted by Crippen LogP contribution is 2.34. The number of aryl methyl sites for hydroxylation is 1. The van der Waals surface area contributed by atoms with Crippen LogP contribution in [0, 0.1) is 0 Å². The van der Waals surface area contributed by atoms with Gasteiger partial charge in [0.15, 0.2) is 0 Å². The third kappa shape index (κ3) is 2.77. The molecule has 0 aromatic heterocycles. The summed E-state index contributed by atoms with van der Waals surface area (Å²) in [6, 6.07) is 8.08. The zero-order valence-corrected chi connectivity index (χ0v) is 12.9. The van der Waals surface area contributed by atoms with Crippen LogP contribution in [0.15, 0.2) is 18.2 Å². The molecule has 20 heavy (non-hydrogen) atoms. The summed E-state index contributed by atoms with van der Waals surface area (Å²) >= 11 is 0. The first-order chi connectivity index (χ1) is 9.65. The number of piperidine rings is 1. The molecular formula is C18H28N2. The van der Waals surface area contributed by atoms with Crippen molar-refractivity contribution in [1.29, 1.82) is 0 Å². The van der Waals surface area contributed by atoms with E-state index in [0.717, 1.165) is 12.3 Å². The summed E-state index contributed by atoms with van der Waals surface area (Å²) in [5.41, 5.74) is 10.7. The minimum absolute atomic E-state index is 0.274. The van der Waals surface area contributed by atoms with E-state index in [1.54, 1.807) is 5.56 Å². The van der Waals surface area contributed by atoms with Crippen molar-refractivity contribution in [2.75, 3.05) is 13.1 Å². The second kappa shape index (κ2) is 5.87. The molecule has 110 valence electrons. The van der Waals surface area contributed by atoms with Crippen LogP contribution in [-0.4, -0.2) is 24.0 Å². The van der Waals surface area contributed by atoms with Crippen LogP contribution >= 0.6 is 0 Å². The second-order valence-electron chi connectivity index (χ2n) is 6.86. The molecule has 2 N–H and O–H groups in total. The number of hydrogen-bond acceptors (Lipinski definition) is 2. The number of nitrogens with two attached hydrogens (primary N) is 1. The number of rotatable bonds is 2. The van der Waals surface area contributed by atoms with Crippen LogP contribution in [0.2, 0.25) is 0 Å². The molecule has 2 aliphatic rings. The zero-order chi connectivity index (χ0) is 14.1. The monoisotopic (exact) mass is 272 g/mol. The van der Waals surface area contributed by atoms with Crippen molar-refractivity contribution in [1.82, 2.24) is 4.90 Å². The van der Waals surface area contributed by atoms with Gasteiger partial charge in [0.1, 0.15) is 0 Å². The molecule has 0 unspecified atom stereocenters. The number of hydrogen-bond donors (Lipinski definition) is 1. The van der Waals surface area contributed by atoms with Gasteiger partial charge in [-0.05, 0) is 81.6 Å². The Morgan fingerprint density at radius 2 is 1.90 bits per heavy atom. The predicted octanol–water partition coefficient (Wildman–Crippen LogP) is 3.61. The van der Waals surface area contributed by atoms with Crippen LogP contribution in [0.4, 0.5) is 0 Å². The predicted molar refractivity (Wildman–Crippen MR) is 85.0 cm³/mol. The first kappa shape index (κ1) is 14.1. The first-order valence-corrected chi connectivity index (χ1v) is 8.27. The van der Waals surface area contributed by atoms with Crippen LogP contribution in [0.1, 0.15) is 68.2 Å². The molecule has 0 amide bonds. The number of likely N-dealkylation sites (tertiary alicyclic amines) is 1. The standard InChI is InChI=1S/C18H28N2/c1-13(2)20-10-8-14(9-11-20)15-6-7-17-16(12-15)4-3-5-18(17)19/h6-7,12-14,18H,3-5,8-11,19H2,1-2H3/t18-/m1/s1. The van der Waals surface area contributed by atoms with Crippen molar-refractivity contribution in [3.8, 4) is 0 Å². The molecule has 1 fully saturated rings. The summed E-state index contributed by atoms with van der Waals surface area (Å²) in [5, 5.41) is 0. The topological polar surface area (TPSA) is 29.3 Å². The van der Waals surface area contributed by atoms with Gasteiger partial charge in [-0.25, -0.2) is 0 Å². The lowest BCUT2D eigenvalue weighted by molar-refractivity contribution is 0.172. The Hall–Kier alpha value is -0.860. The second-order valence-corrected chi connectivity index (χ2v) is 6.86. The lowest BCUT2D eigenvalue weighted by atomic mass is 9.82. The number of benzene rings is 1. The Labute approximate surface area is 123 Å². The van der Waals surface area contributed by atoms with Gasteiger partial charge in [-0.2, -0.15) is 0 Å². The van der Waals surface area contributed by atoms with Crippen LogP contribution < -0.4 is 5.73 Å². The molecule has 0 bridgehead atoms. The molecule has 2 nitrogen and oxygen atoms in total. The average Bonchev–Trinajstić information content (AvgIpc) is 2.47. The summed E-state index contributed by atoms with van der Waals surface area (Å²) in [5.74, 6) is 0.758. The maximum atomic E-state index is 6.22. The van der Waals surface area contributed by atoms with Crippen LogP contribution in [0.5, 0.6) is 0 Å². The van der Waals surface area contributed by atoms with Crippen molar-refractivity contribution in [3.05, 3.63) is 34.9 Å². The molecule has 0 spiro atoms. The van der Waals surface area contributed by atoms with Gasteiger partial charge in [-0.1, -0.05) is 18.2 Å². The minimum atomic E-state index is 0.274. The highest BCUT2D eigenvalue weighted by molar-refractivity contribution is 5.37. The van der Waals surface area contributed by atoms with E-state index in [-0.39, 0.29) is 6.04 Å². The Bertz CT molecular complexity index is 458. The summed E-state index contributed by atoms with van der Waals surface area (Å²) in [6.07, 6.45) is 6.25. The van der Waals surface area contributed by atoms with Crippen molar-refractivity contribution in [2.24, 2.45) is 5.73 Å². The Balaban J connectivity index is 1.72. The fourth-order valence-electron chi connectivity index (χ4n) is 3.87. The molecule has 1 atom stereocenters. The van der Waals surface area contributed by atoms with Gasteiger partial charge in [-0.3, -0.25) is 0 Å². The molecule has 1 aromatic carbocycles. The van der Waals surface area contributed by atoms with Crippen molar-refractivity contribution >= 4 is 0 Å². The molecular weight excluding hydrogens is 244 g/mol. The van der Waals surface area contributed by atoms with Crippen LogP contribution in [0.3, 0.4) is 0 Å². The molecule has 1 heterocycles. The van der Waals surface area contributed by atoms with Crippen LogP contribution in [-0.2, 0) is 6.42 Å². The first-order valence-electron chi connectivity index (χ1n) is 8.27. The molecule has 1 aliphatic heterocycles. The average molecular weight is 272 g/mol. The molecule has 0 saturated carbocycles. The summed E-state index contributed by atoms with van der Waals surface area (Å²) in [6.45, 7) is 7.11. The third-order valence-electron chi connectivity index (χ3n) is 5.26. The highest BCUT2D eigenvalue weighted by atomic mass is 15.1. The summed E-state index contributed by atoms with van der Waals surface area (Å²) in [7, 11) is 0. The molecule has 0 radical (unpaired) electrons. The summed E-state index contributed by atoms with van der Waals surface area (Å²) < 4.78 is 0. The number of fused-ring (bicyclic) bond motifs is 1. The van der Waals surface area contributed by atoms with Gasteiger partial charge in [0.25, 0.3) is 0 Å². The van der Waals surface area contributed by atoms with Gasteiger partial charge >= 0.3 is 0 Å². The largest absolute Gasteiger partial charge is 0.324 e. The van der Waals surface area contributed by atoms with Gasteiger partial charge in [-0.15, -0.1) is 0 Å². The van der Waals surface area contributed by atoms with E-state index in [1.807, 2.05) is 0 Å². The van der Waals surface area contributed by atoms with E-state index in [2.05, 4.69) is 36.9 Å². The Kier molecular flexibility index (Phi) is 4.13. The molecule has 1 saturated heterocycles. The van der Waals surface area contributed by atoms with E-state index in [1.165, 1.54) is 49.9 Å². The maximum absolute atomic E-state index is 6.22. The maximum Gasteiger partial charge on any atom is 0.0297 e. The zero-order valence-electron chi connectivity index (χ0n) is 12.9. The molecule has 3 rings (SSSR count). The van der Waals surface area contributed by atoms with Crippen molar-refractivity contribution in [3.63, 3.8) is 0 Å². The lowest BCUT2D eigenvalue weighted by Gasteiger charge is -2.35. The third-order valence-corrected chi connectivity index (χ3v) is 5.26. The van der Waals surface area contributed by atoms with Gasteiger partial charge < -0.3 is 10.6 Å². The van der Waals surface area contributed by atoms with E-state index in [4.69, 9.17) is 5.73 Å². The van der Waals surface area contributed by atoms with Gasteiger partial charge in [0.2, 0.25) is 0 Å². The van der Waals surface area contributed by atoms with E-state index < -0.39 is 0 Å². The number of nitrogens with zero attached hydrogens (tertiary/aromatic N) is 1. The normalized spacial score (nSPS) is 24.9. The molecule has 1 aliphatic carbocycles. The fraction of sp³-hybridized carbons (Fsp3) is 0.667. The molecule has 1 aromatic rings. The van der Waals surface area contributed by atoms with Gasteiger partial charge in [0, 0.05) is 12.1 Å². The van der Waals surface area contributed by atoms with Crippen LogP contribution in [0.25, 0.3) is 0 Å². The SMILES string of the molecule is CC(C)N1CCC(c2ccc3c(c2)CCC[C@H]3N)CC1. The minimum Gasteiger partial charge on any atom is -0.324 e. The summed E-state index contributed by atoms with van der Waals surface area (Å²) in [4.78, 5) is 2.60. The van der Waals surface area contributed by atoms with E-state index in [0.29, 0.717) is 6.04 Å². The quantitative estimate of drug-likeness (QED) is 0.891.